The topological polar surface area (TPSA) is 81.1 Å². The Morgan fingerprint density at radius 1 is 1.25 bits per heavy atom. The Balaban J connectivity index is 2.82. The van der Waals surface area contributed by atoms with Gasteiger partial charge >= 0.3 is 0 Å². The van der Waals surface area contributed by atoms with E-state index in [4.69, 9.17) is 11.5 Å². The Morgan fingerprint density at radius 2 is 1.88 bits per heavy atom. The third-order valence-corrected chi connectivity index (χ3v) is 2.58. The van der Waals surface area contributed by atoms with E-state index in [0.29, 0.717) is 17.8 Å². The summed E-state index contributed by atoms with van der Waals surface area (Å²) in [6.07, 6.45) is 1.10. The van der Waals surface area contributed by atoms with Crippen LogP contribution in [0.5, 0.6) is 0 Å². The van der Waals surface area contributed by atoms with Crippen molar-refractivity contribution in [1.29, 1.82) is 0 Å². The number of hydrogen-bond acceptors (Lipinski definition) is 5. The third-order valence-electron chi connectivity index (χ3n) is 2.58. The molecular formula is C11H21N5. The van der Waals surface area contributed by atoms with E-state index in [2.05, 4.69) is 35.6 Å². The zero-order chi connectivity index (χ0) is 12.3. The summed E-state index contributed by atoms with van der Waals surface area (Å²) in [6, 6.07) is 2.14. The molecule has 1 aromatic heterocycles. The fourth-order valence-electron chi connectivity index (χ4n) is 1.72. The van der Waals surface area contributed by atoms with Crippen molar-refractivity contribution in [3.05, 3.63) is 6.07 Å². The second kappa shape index (κ2) is 5.01. The Morgan fingerprint density at radius 3 is 2.38 bits per heavy atom. The largest absolute Gasteiger partial charge is 0.383 e. The van der Waals surface area contributed by atoms with Crippen LogP contribution in [0.2, 0.25) is 0 Å². The summed E-state index contributed by atoms with van der Waals surface area (Å²) >= 11 is 0. The molecule has 0 radical (unpaired) electrons. The zero-order valence-corrected chi connectivity index (χ0v) is 10.4. The maximum atomic E-state index is 5.64. The monoisotopic (exact) mass is 223 g/mol. The summed E-state index contributed by atoms with van der Waals surface area (Å²) in [5.74, 6) is 2.05. The summed E-state index contributed by atoms with van der Waals surface area (Å²) in [5, 5.41) is 0. The predicted octanol–water partition coefficient (Wildman–Crippen LogP) is 1.51. The number of aromatic nitrogens is 2. The van der Waals surface area contributed by atoms with Crippen LogP contribution in [0.4, 0.5) is 17.6 Å². The van der Waals surface area contributed by atoms with Crippen LogP contribution < -0.4 is 16.4 Å². The van der Waals surface area contributed by atoms with Crippen molar-refractivity contribution < 1.29 is 0 Å². The van der Waals surface area contributed by atoms with E-state index in [0.717, 1.165) is 12.2 Å². The number of nitrogens with two attached hydrogens (primary N) is 2. The van der Waals surface area contributed by atoms with Gasteiger partial charge in [-0.2, -0.15) is 9.97 Å². The summed E-state index contributed by atoms with van der Waals surface area (Å²) in [6.45, 7) is 6.56. The summed E-state index contributed by atoms with van der Waals surface area (Å²) in [7, 11) is 1.99. The lowest BCUT2D eigenvalue weighted by atomic mass is 10.0. The van der Waals surface area contributed by atoms with Gasteiger partial charge in [-0.25, -0.2) is 0 Å². The highest BCUT2D eigenvalue weighted by atomic mass is 15.2. The molecule has 0 aromatic carbocycles. The van der Waals surface area contributed by atoms with Crippen molar-refractivity contribution in [1.82, 2.24) is 9.97 Å². The maximum absolute atomic E-state index is 5.64. The second-order valence-corrected chi connectivity index (χ2v) is 4.60. The van der Waals surface area contributed by atoms with E-state index in [1.54, 1.807) is 6.07 Å². The minimum Gasteiger partial charge on any atom is -0.383 e. The Bertz CT molecular complexity index is 330. The van der Waals surface area contributed by atoms with Gasteiger partial charge < -0.3 is 16.4 Å². The van der Waals surface area contributed by atoms with Crippen LogP contribution >= 0.6 is 0 Å². The van der Waals surface area contributed by atoms with Crippen LogP contribution in [0, 0.1) is 5.92 Å². The molecule has 0 bridgehead atoms. The minimum absolute atomic E-state index is 0.221. The minimum atomic E-state index is 0.221. The number of rotatable bonds is 4. The van der Waals surface area contributed by atoms with Gasteiger partial charge in [-0.3, -0.25) is 0 Å². The van der Waals surface area contributed by atoms with Crippen molar-refractivity contribution in [2.45, 2.75) is 33.2 Å². The normalized spacial score (nSPS) is 12.8. The number of nitrogen functional groups attached to an aromatic ring is 2. The first-order chi connectivity index (χ1) is 7.40. The van der Waals surface area contributed by atoms with Crippen molar-refractivity contribution in [3.8, 4) is 0 Å². The van der Waals surface area contributed by atoms with Crippen LogP contribution in [0.3, 0.4) is 0 Å². The van der Waals surface area contributed by atoms with Gasteiger partial charge in [0.2, 0.25) is 5.95 Å². The molecule has 0 amide bonds. The first kappa shape index (κ1) is 12.5. The number of hydrogen-bond donors (Lipinski definition) is 2. The van der Waals surface area contributed by atoms with Gasteiger partial charge in [0.1, 0.15) is 11.6 Å². The molecule has 16 heavy (non-hydrogen) atoms. The molecular weight excluding hydrogens is 202 g/mol. The van der Waals surface area contributed by atoms with E-state index in [9.17, 15) is 0 Å². The molecule has 0 fully saturated rings. The molecule has 4 N–H and O–H groups in total. The Kier molecular flexibility index (Phi) is 3.93. The Labute approximate surface area is 96.9 Å². The predicted molar refractivity (Wildman–Crippen MR) is 68.2 cm³/mol. The fourth-order valence-corrected chi connectivity index (χ4v) is 1.72. The molecule has 0 saturated heterocycles. The van der Waals surface area contributed by atoms with E-state index in [1.807, 2.05) is 7.05 Å². The van der Waals surface area contributed by atoms with Crippen LogP contribution in [0.25, 0.3) is 0 Å². The number of nitrogens with zero attached hydrogens (tertiary/aromatic N) is 3. The summed E-state index contributed by atoms with van der Waals surface area (Å²) in [4.78, 5) is 10.1. The highest BCUT2D eigenvalue weighted by Gasteiger charge is 2.13. The first-order valence-electron chi connectivity index (χ1n) is 5.53. The van der Waals surface area contributed by atoms with Crippen molar-refractivity contribution in [3.63, 3.8) is 0 Å². The smallest absolute Gasteiger partial charge is 0.223 e. The molecule has 1 unspecified atom stereocenters. The lowest BCUT2D eigenvalue weighted by Crippen LogP contribution is -2.31. The zero-order valence-electron chi connectivity index (χ0n) is 10.4. The SMILES string of the molecule is CC(C)CC(C)N(C)c1cc(N)nc(N)n1. The fraction of sp³-hybridized carbons (Fsp3) is 0.636. The first-order valence-corrected chi connectivity index (χ1v) is 5.53. The lowest BCUT2D eigenvalue weighted by Gasteiger charge is -2.27. The van der Waals surface area contributed by atoms with Crippen LogP contribution in [-0.2, 0) is 0 Å². The molecule has 0 aliphatic carbocycles. The van der Waals surface area contributed by atoms with E-state index in [-0.39, 0.29) is 5.95 Å². The standard InChI is InChI=1S/C11H21N5/c1-7(2)5-8(3)16(4)10-6-9(12)14-11(13)15-10/h6-8H,5H2,1-4H3,(H4,12,13,14,15). The molecule has 0 aliphatic heterocycles. The highest BCUT2D eigenvalue weighted by Crippen LogP contribution is 2.19. The average Bonchev–Trinajstić information content (AvgIpc) is 2.13. The second-order valence-electron chi connectivity index (χ2n) is 4.60. The molecule has 1 rings (SSSR count). The lowest BCUT2D eigenvalue weighted by molar-refractivity contribution is 0.502. The van der Waals surface area contributed by atoms with Gasteiger partial charge in [0.15, 0.2) is 0 Å². The van der Waals surface area contributed by atoms with Gasteiger partial charge in [-0.15, -0.1) is 0 Å². The van der Waals surface area contributed by atoms with Gasteiger partial charge in [0.05, 0.1) is 0 Å². The third kappa shape index (κ3) is 3.25. The average molecular weight is 223 g/mol. The van der Waals surface area contributed by atoms with E-state index in [1.165, 1.54) is 0 Å². The van der Waals surface area contributed by atoms with E-state index >= 15 is 0 Å². The molecule has 1 atom stereocenters. The summed E-state index contributed by atoms with van der Waals surface area (Å²) < 4.78 is 0. The van der Waals surface area contributed by atoms with Gasteiger partial charge in [0.25, 0.3) is 0 Å². The number of anilines is 3. The van der Waals surface area contributed by atoms with Crippen molar-refractivity contribution in [2.75, 3.05) is 23.4 Å². The van der Waals surface area contributed by atoms with Crippen LogP contribution in [0.1, 0.15) is 27.2 Å². The van der Waals surface area contributed by atoms with Crippen LogP contribution in [-0.4, -0.2) is 23.1 Å². The Hall–Kier alpha value is -1.52. The van der Waals surface area contributed by atoms with Gasteiger partial charge in [-0.1, -0.05) is 13.8 Å². The maximum Gasteiger partial charge on any atom is 0.223 e. The molecule has 0 spiro atoms. The van der Waals surface area contributed by atoms with Crippen LogP contribution in [0.15, 0.2) is 6.07 Å². The molecule has 0 saturated carbocycles. The molecule has 0 aliphatic rings. The molecule has 5 nitrogen and oxygen atoms in total. The van der Waals surface area contributed by atoms with Gasteiger partial charge in [0, 0.05) is 19.2 Å². The van der Waals surface area contributed by atoms with Crippen molar-refractivity contribution in [2.24, 2.45) is 5.92 Å². The quantitative estimate of drug-likeness (QED) is 0.808. The van der Waals surface area contributed by atoms with Gasteiger partial charge in [-0.05, 0) is 19.3 Å². The molecule has 5 heteroatoms. The van der Waals surface area contributed by atoms with Crippen molar-refractivity contribution >= 4 is 17.6 Å². The highest BCUT2D eigenvalue weighted by molar-refractivity contribution is 5.50. The molecule has 90 valence electrons. The van der Waals surface area contributed by atoms with E-state index < -0.39 is 0 Å². The molecule has 1 aromatic rings. The summed E-state index contributed by atoms with van der Waals surface area (Å²) in [5.41, 5.74) is 11.2. The molecule has 1 heterocycles.